The van der Waals surface area contributed by atoms with Crippen molar-refractivity contribution >= 4 is 0 Å². The Bertz CT molecular complexity index is 211. The Labute approximate surface area is 101 Å². The molecule has 2 nitrogen and oxygen atoms in total. The minimum atomic E-state index is 0.759. The Hall–Kier alpha value is -0.340. The predicted molar refractivity (Wildman–Crippen MR) is 71.7 cm³/mol. The molecule has 0 radical (unpaired) electrons. The molecule has 2 heteroatoms. The second-order valence-corrected chi connectivity index (χ2v) is 5.75. The van der Waals surface area contributed by atoms with Gasteiger partial charge in [0, 0.05) is 13.1 Å². The van der Waals surface area contributed by atoms with E-state index in [1.54, 1.807) is 0 Å². The molecule has 1 fully saturated rings. The van der Waals surface area contributed by atoms with Crippen molar-refractivity contribution in [1.82, 2.24) is 10.2 Å². The van der Waals surface area contributed by atoms with E-state index in [9.17, 15) is 0 Å². The van der Waals surface area contributed by atoms with Gasteiger partial charge in [-0.3, -0.25) is 4.90 Å². The lowest BCUT2D eigenvalue weighted by atomic mass is 9.97. The molecule has 1 rings (SSSR count). The summed E-state index contributed by atoms with van der Waals surface area (Å²) in [6, 6.07) is 0. The van der Waals surface area contributed by atoms with Crippen LogP contribution in [-0.4, -0.2) is 37.6 Å². The molecule has 0 saturated carbocycles. The van der Waals surface area contributed by atoms with E-state index < -0.39 is 0 Å². The smallest absolute Gasteiger partial charge is 0.0187 e. The van der Waals surface area contributed by atoms with Crippen LogP contribution in [0.2, 0.25) is 0 Å². The standard InChI is InChI=1S/C14H28N2/c1-12(2)8-15-9-14-6-5-7-16(11-14)10-13(3)4/h12,14-15H,3,5-11H2,1-2,4H3. The van der Waals surface area contributed by atoms with E-state index in [0.29, 0.717) is 0 Å². The first-order chi connectivity index (χ1) is 7.58. The molecule has 1 N–H and O–H groups in total. The fourth-order valence-electron chi connectivity index (χ4n) is 2.42. The monoisotopic (exact) mass is 224 g/mol. The van der Waals surface area contributed by atoms with E-state index in [1.807, 2.05) is 0 Å². The topological polar surface area (TPSA) is 15.3 Å². The molecule has 1 saturated heterocycles. The van der Waals surface area contributed by atoms with Crippen LogP contribution in [0, 0.1) is 11.8 Å². The van der Waals surface area contributed by atoms with E-state index in [4.69, 9.17) is 0 Å². The zero-order valence-electron chi connectivity index (χ0n) is 11.3. The van der Waals surface area contributed by atoms with Crippen molar-refractivity contribution in [3.05, 3.63) is 12.2 Å². The van der Waals surface area contributed by atoms with Crippen LogP contribution in [-0.2, 0) is 0 Å². The highest BCUT2D eigenvalue weighted by Gasteiger charge is 2.19. The third-order valence-corrected chi connectivity index (χ3v) is 3.08. The molecule has 0 aromatic carbocycles. The maximum atomic E-state index is 4.00. The first-order valence-corrected chi connectivity index (χ1v) is 6.65. The summed E-state index contributed by atoms with van der Waals surface area (Å²) in [5.41, 5.74) is 1.29. The number of nitrogens with zero attached hydrogens (tertiary/aromatic N) is 1. The van der Waals surface area contributed by atoms with Gasteiger partial charge < -0.3 is 5.32 Å². The average molecular weight is 224 g/mol. The maximum absolute atomic E-state index is 4.00. The van der Waals surface area contributed by atoms with Crippen LogP contribution in [0.5, 0.6) is 0 Å². The molecular weight excluding hydrogens is 196 g/mol. The highest BCUT2D eigenvalue weighted by atomic mass is 15.1. The predicted octanol–water partition coefficient (Wildman–Crippen LogP) is 2.52. The van der Waals surface area contributed by atoms with E-state index in [-0.39, 0.29) is 0 Å². The van der Waals surface area contributed by atoms with E-state index in [2.05, 4.69) is 37.6 Å². The summed E-state index contributed by atoms with van der Waals surface area (Å²) in [5, 5.41) is 3.58. The van der Waals surface area contributed by atoms with Crippen molar-refractivity contribution in [3.63, 3.8) is 0 Å². The zero-order chi connectivity index (χ0) is 12.0. The van der Waals surface area contributed by atoms with Gasteiger partial charge >= 0.3 is 0 Å². The molecule has 1 heterocycles. The Balaban J connectivity index is 2.19. The molecule has 94 valence electrons. The maximum Gasteiger partial charge on any atom is 0.0187 e. The minimum absolute atomic E-state index is 0.759. The van der Waals surface area contributed by atoms with Crippen molar-refractivity contribution in [2.75, 3.05) is 32.7 Å². The summed E-state index contributed by atoms with van der Waals surface area (Å²) in [6.07, 6.45) is 2.74. The summed E-state index contributed by atoms with van der Waals surface area (Å²) in [6.45, 7) is 16.6. The number of hydrogen-bond donors (Lipinski definition) is 1. The van der Waals surface area contributed by atoms with Gasteiger partial charge in [-0.05, 0) is 51.2 Å². The lowest BCUT2D eigenvalue weighted by Crippen LogP contribution is -2.40. The molecule has 1 aliphatic rings. The number of rotatable bonds is 6. The molecule has 0 aliphatic carbocycles. The van der Waals surface area contributed by atoms with Gasteiger partial charge in [-0.25, -0.2) is 0 Å². The molecule has 1 atom stereocenters. The molecule has 16 heavy (non-hydrogen) atoms. The Morgan fingerprint density at radius 1 is 1.50 bits per heavy atom. The van der Waals surface area contributed by atoms with E-state index in [1.165, 1.54) is 38.0 Å². The normalized spacial score (nSPS) is 22.6. The molecule has 0 aromatic rings. The van der Waals surface area contributed by atoms with Crippen LogP contribution in [0.25, 0.3) is 0 Å². The van der Waals surface area contributed by atoms with Crippen molar-refractivity contribution < 1.29 is 0 Å². The lowest BCUT2D eigenvalue weighted by Gasteiger charge is -2.33. The van der Waals surface area contributed by atoms with Crippen molar-refractivity contribution in [1.29, 1.82) is 0 Å². The second kappa shape index (κ2) is 7.08. The fraction of sp³-hybridized carbons (Fsp3) is 0.857. The van der Waals surface area contributed by atoms with Crippen LogP contribution in [0.1, 0.15) is 33.6 Å². The van der Waals surface area contributed by atoms with Crippen LogP contribution in [0.15, 0.2) is 12.2 Å². The molecule has 0 spiro atoms. The van der Waals surface area contributed by atoms with Crippen LogP contribution in [0.4, 0.5) is 0 Å². The largest absolute Gasteiger partial charge is 0.316 e. The zero-order valence-corrected chi connectivity index (χ0v) is 11.3. The summed E-state index contributed by atoms with van der Waals surface area (Å²) < 4.78 is 0. The second-order valence-electron chi connectivity index (χ2n) is 5.75. The van der Waals surface area contributed by atoms with Gasteiger partial charge in [0.05, 0.1) is 0 Å². The third kappa shape index (κ3) is 5.66. The highest BCUT2D eigenvalue weighted by molar-refractivity contribution is 4.93. The van der Waals surface area contributed by atoms with Gasteiger partial charge in [-0.1, -0.05) is 26.0 Å². The number of likely N-dealkylation sites (tertiary alicyclic amines) is 1. The SMILES string of the molecule is C=C(C)CN1CCCC(CNCC(C)C)C1. The van der Waals surface area contributed by atoms with Gasteiger partial charge in [0.25, 0.3) is 0 Å². The summed E-state index contributed by atoms with van der Waals surface area (Å²) in [5.74, 6) is 1.60. The first kappa shape index (κ1) is 13.7. The summed E-state index contributed by atoms with van der Waals surface area (Å²) in [7, 11) is 0. The Morgan fingerprint density at radius 3 is 2.88 bits per heavy atom. The Morgan fingerprint density at radius 2 is 2.25 bits per heavy atom. The van der Waals surface area contributed by atoms with Crippen molar-refractivity contribution in [2.45, 2.75) is 33.6 Å². The van der Waals surface area contributed by atoms with Gasteiger partial charge in [-0.15, -0.1) is 0 Å². The van der Waals surface area contributed by atoms with Crippen LogP contribution < -0.4 is 5.32 Å². The third-order valence-electron chi connectivity index (χ3n) is 3.08. The Kier molecular flexibility index (Phi) is 6.07. The van der Waals surface area contributed by atoms with Crippen molar-refractivity contribution in [2.24, 2.45) is 11.8 Å². The van der Waals surface area contributed by atoms with Crippen LogP contribution in [0.3, 0.4) is 0 Å². The number of hydrogen-bond acceptors (Lipinski definition) is 2. The molecule has 1 unspecified atom stereocenters. The summed E-state index contributed by atoms with van der Waals surface area (Å²) in [4.78, 5) is 2.55. The van der Waals surface area contributed by atoms with Gasteiger partial charge in [0.1, 0.15) is 0 Å². The average Bonchev–Trinajstić information content (AvgIpc) is 2.16. The van der Waals surface area contributed by atoms with Gasteiger partial charge in [0.15, 0.2) is 0 Å². The van der Waals surface area contributed by atoms with Crippen LogP contribution >= 0.6 is 0 Å². The quantitative estimate of drug-likeness (QED) is 0.697. The molecule has 0 aromatic heterocycles. The van der Waals surface area contributed by atoms with Gasteiger partial charge in [0.2, 0.25) is 0 Å². The summed E-state index contributed by atoms with van der Waals surface area (Å²) >= 11 is 0. The highest BCUT2D eigenvalue weighted by Crippen LogP contribution is 2.16. The molecule has 1 aliphatic heterocycles. The molecule has 0 amide bonds. The first-order valence-electron chi connectivity index (χ1n) is 6.65. The lowest BCUT2D eigenvalue weighted by molar-refractivity contribution is 0.184. The molecule has 0 bridgehead atoms. The van der Waals surface area contributed by atoms with E-state index >= 15 is 0 Å². The fourth-order valence-corrected chi connectivity index (χ4v) is 2.42. The minimum Gasteiger partial charge on any atom is -0.316 e. The van der Waals surface area contributed by atoms with E-state index in [0.717, 1.165) is 24.9 Å². The number of nitrogens with one attached hydrogen (secondary N) is 1. The van der Waals surface area contributed by atoms with Crippen molar-refractivity contribution in [3.8, 4) is 0 Å². The molecular formula is C14H28N2. The number of piperidine rings is 1. The van der Waals surface area contributed by atoms with Gasteiger partial charge in [-0.2, -0.15) is 0 Å².